The molecule has 0 aromatic heterocycles. The summed E-state index contributed by atoms with van der Waals surface area (Å²) in [6.07, 6.45) is 2.44. The second-order valence-electron chi connectivity index (χ2n) is 1.76. The molecule has 0 aliphatic carbocycles. The van der Waals surface area contributed by atoms with Gasteiger partial charge in [-0.2, -0.15) is 9.93 Å². The summed E-state index contributed by atoms with van der Waals surface area (Å²) in [7, 11) is -0.355. The zero-order valence-electron chi connectivity index (χ0n) is 5.37. The fourth-order valence-corrected chi connectivity index (χ4v) is 2.21. The molecule has 5 heteroatoms. The normalized spacial score (nSPS) is 13.7. The average molecular weight is 224 g/mol. The van der Waals surface area contributed by atoms with E-state index in [1.165, 1.54) is 12.8 Å². The first-order chi connectivity index (χ1) is 4.18. The number of thiol groups is 3. The zero-order valence-corrected chi connectivity index (χ0v) is 8.87. The summed E-state index contributed by atoms with van der Waals surface area (Å²) in [6.45, 7) is 2.17. The first kappa shape index (κ1) is 14.7. The minimum absolute atomic E-state index is 0. The van der Waals surface area contributed by atoms with Gasteiger partial charge in [-0.1, -0.05) is 25.6 Å². The van der Waals surface area contributed by atoms with Crippen molar-refractivity contribution in [2.75, 3.05) is 5.75 Å². The van der Waals surface area contributed by atoms with E-state index < -0.39 is 0 Å². The van der Waals surface area contributed by atoms with E-state index in [-0.39, 0.29) is 39.5 Å². The average Bonchev–Trinajstić information content (AvgIpc) is 1.82. The second kappa shape index (κ2) is 9.23. The fraction of sp³-hybridized carbons (Fsp3) is 0.800. The molecule has 0 radical (unpaired) electrons. The molecule has 1 unspecified atom stereocenters. The van der Waals surface area contributed by atoms with Crippen molar-refractivity contribution in [1.29, 1.82) is 0 Å². The Labute approximate surface area is 104 Å². The zero-order chi connectivity index (χ0) is 7.28. The van der Waals surface area contributed by atoms with E-state index in [4.69, 9.17) is 12.2 Å². The van der Waals surface area contributed by atoms with Gasteiger partial charge in [0.05, 0.1) is 3.53 Å². The Morgan fingerprint density at radius 1 is 1.60 bits per heavy atom. The molecule has 0 fully saturated rings. The SMILES string of the molecule is CCCC[SH](S)C(=S)S.[NaH]. The van der Waals surface area contributed by atoms with Crippen LogP contribution in [0.4, 0.5) is 0 Å². The number of hydrogen-bond donors (Lipinski definition) is 3. The van der Waals surface area contributed by atoms with E-state index in [0.717, 1.165) is 9.28 Å². The Hall–Kier alpha value is 2.14. The van der Waals surface area contributed by atoms with Gasteiger partial charge in [-0.15, -0.1) is 24.3 Å². The third-order valence-corrected chi connectivity index (χ3v) is 5.59. The van der Waals surface area contributed by atoms with Crippen molar-refractivity contribution < 1.29 is 0 Å². The van der Waals surface area contributed by atoms with Crippen molar-refractivity contribution in [1.82, 2.24) is 0 Å². The molecule has 10 heavy (non-hydrogen) atoms. The number of rotatable bonds is 3. The van der Waals surface area contributed by atoms with Crippen molar-refractivity contribution in [2.45, 2.75) is 19.8 Å². The molecule has 0 saturated heterocycles. The summed E-state index contributed by atoms with van der Waals surface area (Å²) in [5.41, 5.74) is 0. The number of thiocarbonyl (C=S) groups is 1. The first-order valence-electron chi connectivity index (χ1n) is 2.87. The van der Waals surface area contributed by atoms with E-state index in [9.17, 15) is 0 Å². The predicted molar refractivity (Wildman–Crippen MR) is 66.5 cm³/mol. The number of hydrogen-bond acceptors (Lipinski definition) is 2. The Kier molecular flexibility index (Phi) is 13.5. The van der Waals surface area contributed by atoms with E-state index in [1.807, 2.05) is 0 Å². The van der Waals surface area contributed by atoms with Crippen molar-refractivity contribution in [3.05, 3.63) is 0 Å². The van der Waals surface area contributed by atoms with Gasteiger partial charge < -0.3 is 0 Å². The van der Waals surface area contributed by atoms with Crippen LogP contribution >= 0.6 is 46.4 Å². The Balaban J connectivity index is 0. The van der Waals surface area contributed by atoms with Gasteiger partial charge in [-0.3, -0.25) is 0 Å². The number of unbranched alkanes of at least 4 members (excludes halogenated alkanes) is 1. The van der Waals surface area contributed by atoms with E-state index in [1.54, 1.807) is 0 Å². The van der Waals surface area contributed by atoms with Crippen LogP contribution in [0.15, 0.2) is 0 Å². The van der Waals surface area contributed by atoms with Crippen LogP contribution in [-0.4, -0.2) is 38.8 Å². The second-order valence-corrected chi connectivity index (χ2v) is 6.71. The molecule has 0 saturated carbocycles. The molecule has 0 amide bonds. The van der Waals surface area contributed by atoms with Crippen LogP contribution in [0.5, 0.6) is 0 Å². The first-order valence-corrected chi connectivity index (χ1v) is 6.41. The van der Waals surface area contributed by atoms with Crippen LogP contribution in [0.3, 0.4) is 0 Å². The maximum absolute atomic E-state index is 4.85. The summed E-state index contributed by atoms with van der Waals surface area (Å²) >= 11 is 13.2. The monoisotopic (exact) mass is 224 g/mol. The molecule has 0 aliphatic heterocycles. The minimum atomic E-state index is -0.355. The standard InChI is InChI=1S/C5H12S4.Na.H/c1-2-3-4-9(8)5(6)7;;/h8-9H,2-4H2,1H3,(H,6,7);;. The van der Waals surface area contributed by atoms with Crippen molar-refractivity contribution in [2.24, 2.45) is 0 Å². The van der Waals surface area contributed by atoms with Gasteiger partial charge in [0.25, 0.3) is 0 Å². The van der Waals surface area contributed by atoms with Gasteiger partial charge in [-0.05, 0) is 12.2 Å². The van der Waals surface area contributed by atoms with Crippen LogP contribution < -0.4 is 0 Å². The molecule has 0 aromatic rings. The maximum atomic E-state index is 4.85. The molecule has 58 valence electrons. The predicted octanol–water partition coefficient (Wildman–Crippen LogP) is 2.20. The quantitative estimate of drug-likeness (QED) is 0.286. The van der Waals surface area contributed by atoms with Gasteiger partial charge >= 0.3 is 29.6 Å². The molecular weight excluding hydrogens is 211 g/mol. The fourth-order valence-electron chi connectivity index (χ4n) is 0.404. The topological polar surface area (TPSA) is 0 Å². The van der Waals surface area contributed by atoms with Gasteiger partial charge in [0.2, 0.25) is 0 Å². The Bertz CT molecular complexity index is 95.6. The molecule has 1 atom stereocenters. The van der Waals surface area contributed by atoms with Crippen molar-refractivity contribution >= 4 is 79.5 Å². The van der Waals surface area contributed by atoms with Crippen LogP contribution in [0, 0.1) is 0 Å². The third-order valence-electron chi connectivity index (χ3n) is 0.944. The van der Waals surface area contributed by atoms with Crippen LogP contribution in [0.2, 0.25) is 0 Å². The van der Waals surface area contributed by atoms with Crippen LogP contribution in [0.25, 0.3) is 0 Å². The molecule has 0 nitrogen and oxygen atoms in total. The van der Waals surface area contributed by atoms with Crippen LogP contribution in [-0.2, 0) is 0 Å². The molecule has 0 aromatic carbocycles. The van der Waals surface area contributed by atoms with Crippen molar-refractivity contribution in [3.8, 4) is 0 Å². The summed E-state index contributed by atoms with van der Waals surface area (Å²) in [6, 6.07) is 0. The Morgan fingerprint density at radius 2 is 2.10 bits per heavy atom. The summed E-state index contributed by atoms with van der Waals surface area (Å²) in [5, 5.41) is 0. The van der Waals surface area contributed by atoms with Gasteiger partial charge in [0.1, 0.15) is 0 Å². The van der Waals surface area contributed by atoms with Crippen molar-refractivity contribution in [3.63, 3.8) is 0 Å². The van der Waals surface area contributed by atoms with E-state index >= 15 is 0 Å². The summed E-state index contributed by atoms with van der Waals surface area (Å²) < 4.78 is 0.779. The summed E-state index contributed by atoms with van der Waals surface area (Å²) in [4.78, 5) is 0. The van der Waals surface area contributed by atoms with Crippen LogP contribution in [0.1, 0.15) is 19.8 Å². The van der Waals surface area contributed by atoms with Gasteiger partial charge in [-0.25, -0.2) is 0 Å². The molecular formula is C5H13NaS4. The molecule has 0 bridgehead atoms. The molecule has 0 aliphatic rings. The molecule has 0 heterocycles. The molecule has 0 rings (SSSR count). The van der Waals surface area contributed by atoms with E-state index in [0.29, 0.717) is 0 Å². The molecule has 0 spiro atoms. The van der Waals surface area contributed by atoms with Gasteiger partial charge in [0, 0.05) is 0 Å². The van der Waals surface area contributed by atoms with Gasteiger partial charge in [0.15, 0.2) is 0 Å². The third kappa shape index (κ3) is 8.24. The Morgan fingerprint density at radius 3 is 2.40 bits per heavy atom. The summed E-state index contributed by atoms with van der Waals surface area (Å²) in [5.74, 6) is 1.12. The van der Waals surface area contributed by atoms with E-state index in [2.05, 4.69) is 31.2 Å². The molecule has 0 N–H and O–H groups in total.